The van der Waals surface area contributed by atoms with Crippen molar-refractivity contribution in [3.63, 3.8) is 0 Å². The largest absolute Gasteiger partial charge is 0.274 e. The van der Waals surface area contributed by atoms with Crippen molar-refractivity contribution in [3.05, 3.63) is 42.5 Å². The first-order valence-corrected chi connectivity index (χ1v) is 8.61. The number of nitrogens with zero attached hydrogens (tertiary/aromatic N) is 1. The number of carbonyl (C=O) groups excluding carboxylic acids is 2. The Bertz CT molecular complexity index is 784. The third-order valence-electron chi connectivity index (χ3n) is 6.24. The SMILES string of the molecule is O=C1C2C3CCC(CC3)C2C(=O)N1c1cccc2ccccc12. The number of hydrogen-bond donors (Lipinski definition) is 0. The van der Waals surface area contributed by atoms with Crippen LogP contribution in [-0.2, 0) is 9.59 Å². The number of rotatable bonds is 1. The highest BCUT2D eigenvalue weighted by Crippen LogP contribution is 2.53. The molecule has 1 heterocycles. The van der Waals surface area contributed by atoms with Crippen LogP contribution in [0, 0.1) is 23.7 Å². The molecule has 2 bridgehead atoms. The van der Waals surface area contributed by atoms with Crippen LogP contribution in [-0.4, -0.2) is 11.8 Å². The lowest BCUT2D eigenvalue weighted by Gasteiger charge is -2.42. The molecule has 2 atom stereocenters. The average molecular weight is 305 g/mol. The van der Waals surface area contributed by atoms with E-state index in [4.69, 9.17) is 0 Å². The van der Waals surface area contributed by atoms with E-state index in [1.165, 1.54) is 4.90 Å². The van der Waals surface area contributed by atoms with Gasteiger partial charge in [-0.3, -0.25) is 9.59 Å². The van der Waals surface area contributed by atoms with Crippen LogP contribution in [0.2, 0.25) is 0 Å². The Kier molecular flexibility index (Phi) is 2.70. The summed E-state index contributed by atoms with van der Waals surface area (Å²) in [6, 6.07) is 13.9. The van der Waals surface area contributed by atoms with Gasteiger partial charge in [-0.25, -0.2) is 4.90 Å². The molecule has 3 heteroatoms. The third kappa shape index (κ3) is 1.71. The number of hydrogen-bond acceptors (Lipinski definition) is 2. The van der Waals surface area contributed by atoms with E-state index >= 15 is 0 Å². The predicted octanol–water partition coefficient (Wildman–Crippen LogP) is 3.77. The molecule has 0 aromatic heterocycles. The average Bonchev–Trinajstić information content (AvgIpc) is 2.89. The second-order valence-corrected chi connectivity index (χ2v) is 7.24. The fraction of sp³-hybridized carbons (Fsp3) is 0.400. The van der Waals surface area contributed by atoms with E-state index in [0.717, 1.165) is 42.1 Å². The highest BCUT2D eigenvalue weighted by molar-refractivity contribution is 6.25. The van der Waals surface area contributed by atoms with E-state index in [-0.39, 0.29) is 23.7 Å². The molecular formula is C20H19NO2. The lowest BCUT2D eigenvalue weighted by molar-refractivity contribution is -0.129. The van der Waals surface area contributed by atoms with E-state index in [1.807, 2.05) is 42.5 Å². The molecule has 0 spiro atoms. The monoisotopic (exact) mass is 305 g/mol. The first kappa shape index (κ1) is 13.3. The van der Waals surface area contributed by atoms with Crippen molar-refractivity contribution in [1.29, 1.82) is 0 Å². The van der Waals surface area contributed by atoms with Gasteiger partial charge in [0.25, 0.3) is 0 Å². The summed E-state index contributed by atoms with van der Waals surface area (Å²) in [6.07, 6.45) is 4.48. The summed E-state index contributed by atoms with van der Waals surface area (Å²) in [5, 5.41) is 2.06. The minimum atomic E-state index is -0.0611. The van der Waals surface area contributed by atoms with Gasteiger partial charge in [0.2, 0.25) is 11.8 Å². The van der Waals surface area contributed by atoms with Crippen molar-refractivity contribution in [2.75, 3.05) is 4.90 Å². The maximum Gasteiger partial charge on any atom is 0.237 e. The summed E-state index contributed by atoms with van der Waals surface area (Å²) in [6.45, 7) is 0. The van der Waals surface area contributed by atoms with Crippen LogP contribution >= 0.6 is 0 Å². The van der Waals surface area contributed by atoms with Crippen LogP contribution in [0.4, 0.5) is 5.69 Å². The highest BCUT2D eigenvalue weighted by Gasteiger charge is 2.58. The fourth-order valence-electron chi connectivity index (χ4n) is 5.21. The number of imide groups is 1. The summed E-state index contributed by atoms with van der Waals surface area (Å²) in [5.41, 5.74) is 0.770. The lowest BCUT2D eigenvalue weighted by atomic mass is 9.59. The van der Waals surface area contributed by atoms with Crippen molar-refractivity contribution in [2.45, 2.75) is 25.7 Å². The Morgan fingerprint density at radius 2 is 1.30 bits per heavy atom. The van der Waals surface area contributed by atoms with Crippen molar-refractivity contribution in [3.8, 4) is 0 Å². The highest BCUT2D eigenvalue weighted by atomic mass is 16.2. The normalized spacial score (nSPS) is 32.6. The molecule has 2 amide bonds. The Labute approximate surface area is 135 Å². The Morgan fingerprint density at radius 3 is 1.96 bits per heavy atom. The van der Waals surface area contributed by atoms with Gasteiger partial charge in [-0.15, -0.1) is 0 Å². The quantitative estimate of drug-likeness (QED) is 0.752. The van der Waals surface area contributed by atoms with Gasteiger partial charge in [-0.2, -0.15) is 0 Å². The summed E-state index contributed by atoms with van der Waals surface area (Å²) in [4.78, 5) is 27.7. The van der Waals surface area contributed by atoms with Gasteiger partial charge in [-0.1, -0.05) is 36.4 Å². The molecule has 4 aliphatic rings. The molecule has 6 rings (SSSR count). The molecule has 3 nitrogen and oxygen atoms in total. The van der Waals surface area contributed by atoms with Gasteiger partial charge in [-0.05, 0) is 49.0 Å². The molecule has 2 aromatic rings. The molecule has 116 valence electrons. The van der Waals surface area contributed by atoms with Crippen LogP contribution < -0.4 is 4.90 Å². The van der Waals surface area contributed by atoms with Crippen molar-refractivity contribution < 1.29 is 9.59 Å². The van der Waals surface area contributed by atoms with Gasteiger partial charge in [0.1, 0.15) is 0 Å². The van der Waals surface area contributed by atoms with Crippen molar-refractivity contribution in [2.24, 2.45) is 23.7 Å². The van der Waals surface area contributed by atoms with Gasteiger partial charge >= 0.3 is 0 Å². The van der Waals surface area contributed by atoms with Gasteiger partial charge in [0.15, 0.2) is 0 Å². The van der Waals surface area contributed by atoms with Crippen LogP contribution in [0.25, 0.3) is 10.8 Å². The standard InChI is InChI=1S/C20H19NO2/c22-19-17-13-8-9-14(11-10-13)18(17)20(23)21(19)16-7-3-5-12-4-1-2-6-15(12)16/h1-7,13-14,17-18H,8-11H2. The van der Waals surface area contributed by atoms with Crippen molar-refractivity contribution in [1.82, 2.24) is 0 Å². The van der Waals surface area contributed by atoms with Crippen LogP contribution in [0.15, 0.2) is 42.5 Å². The number of fused-ring (bicyclic) bond motifs is 3. The third-order valence-corrected chi connectivity index (χ3v) is 6.24. The number of amides is 2. The van der Waals surface area contributed by atoms with Crippen LogP contribution in [0.1, 0.15) is 25.7 Å². The van der Waals surface area contributed by atoms with E-state index in [1.54, 1.807) is 0 Å². The summed E-state index contributed by atoms with van der Waals surface area (Å²) in [7, 11) is 0. The Balaban J connectivity index is 1.66. The first-order valence-electron chi connectivity index (χ1n) is 8.61. The predicted molar refractivity (Wildman–Crippen MR) is 88.9 cm³/mol. The van der Waals surface area contributed by atoms with E-state index in [0.29, 0.717) is 11.8 Å². The molecular weight excluding hydrogens is 286 g/mol. The summed E-state index contributed by atoms with van der Waals surface area (Å²) in [5.74, 6) is 0.808. The molecule has 2 unspecified atom stereocenters. The molecule has 4 fully saturated rings. The second kappa shape index (κ2) is 4.67. The molecule has 0 N–H and O–H groups in total. The van der Waals surface area contributed by atoms with E-state index < -0.39 is 0 Å². The minimum Gasteiger partial charge on any atom is -0.274 e. The molecule has 1 saturated heterocycles. The van der Waals surface area contributed by atoms with Gasteiger partial charge in [0.05, 0.1) is 17.5 Å². The Hall–Kier alpha value is -2.16. The first-order chi connectivity index (χ1) is 11.3. The molecule has 3 aliphatic carbocycles. The number of benzene rings is 2. The fourth-order valence-corrected chi connectivity index (χ4v) is 5.21. The van der Waals surface area contributed by atoms with E-state index in [2.05, 4.69) is 0 Å². The van der Waals surface area contributed by atoms with Crippen LogP contribution in [0.3, 0.4) is 0 Å². The zero-order valence-electron chi connectivity index (χ0n) is 12.9. The summed E-state index contributed by atoms with van der Waals surface area (Å²) >= 11 is 0. The van der Waals surface area contributed by atoms with Crippen molar-refractivity contribution >= 4 is 28.3 Å². The number of anilines is 1. The molecule has 23 heavy (non-hydrogen) atoms. The maximum absolute atomic E-state index is 13.1. The molecule has 1 aliphatic heterocycles. The topological polar surface area (TPSA) is 37.4 Å². The number of carbonyl (C=O) groups is 2. The van der Waals surface area contributed by atoms with Gasteiger partial charge in [0, 0.05) is 5.39 Å². The second-order valence-electron chi connectivity index (χ2n) is 7.24. The Morgan fingerprint density at radius 1 is 0.739 bits per heavy atom. The smallest absolute Gasteiger partial charge is 0.237 e. The molecule has 0 radical (unpaired) electrons. The molecule has 3 saturated carbocycles. The minimum absolute atomic E-state index is 0.0470. The maximum atomic E-state index is 13.1. The van der Waals surface area contributed by atoms with E-state index in [9.17, 15) is 9.59 Å². The molecule has 2 aromatic carbocycles. The van der Waals surface area contributed by atoms with Gasteiger partial charge < -0.3 is 0 Å². The zero-order chi connectivity index (χ0) is 15.6. The zero-order valence-corrected chi connectivity index (χ0v) is 12.9. The lowest BCUT2D eigenvalue weighted by Crippen LogP contribution is -2.41. The summed E-state index contributed by atoms with van der Waals surface area (Å²) < 4.78 is 0. The van der Waals surface area contributed by atoms with Crippen LogP contribution in [0.5, 0.6) is 0 Å².